The second-order valence-corrected chi connectivity index (χ2v) is 6.17. The molecule has 1 unspecified atom stereocenters. The number of ether oxygens (including phenoxy) is 3. The summed E-state index contributed by atoms with van der Waals surface area (Å²) >= 11 is 0. The minimum atomic E-state index is 0.604. The summed E-state index contributed by atoms with van der Waals surface area (Å²) < 4.78 is 16.2. The van der Waals surface area contributed by atoms with Crippen molar-refractivity contribution in [2.75, 3.05) is 53.6 Å². The minimum Gasteiger partial charge on any atom is -0.497 e. The molecule has 0 aliphatic carbocycles. The highest BCUT2D eigenvalue weighted by atomic mass is 16.5. The fraction of sp³-hybridized carbons (Fsp3) is 0.632. The van der Waals surface area contributed by atoms with Crippen LogP contribution in [-0.2, 0) is 4.74 Å². The van der Waals surface area contributed by atoms with Crippen molar-refractivity contribution in [3.05, 3.63) is 24.3 Å². The van der Waals surface area contributed by atoms with Crippen LogP contribution < -0.4 is 14.8 Å². The van der Waals surface area contributed by atoms with Crippen LogP contribution in [-0.4, -0.2) is 64.5 Å². The van der Waals surface area contributed by atoms with Gasteiger partial charge in [0.1, 0.15) is 11.5 Å². The van der Waals surface area contributed by atoms with Crippen LogP contribution in [0.1, 0.15) is 19.8 Å². The maximum absolute atomic E-state index is 5.75. The van der Waals surface area contributed by atoms with Crippen LogP contribution in [0.4, 0.5) is 0 Å². The first kappa shape index (κ1) is 19.4. The Morgan fingerprint density at radius 3 is 2.68 bits per heavy atom. The number of likely N-dealkylation sites (tertiary alicyclic amines) is 1. The molecule has 1 aromatic carbocycles. The molecule has 1 aliphatic heterocycles. The SMILES string of the molecule is CCNC(=NCCCOc1ccc(OC)cc1)N1CCC(COC)C1. The molecule has 1 saturated heterocycles. The summed E-state index contributed by atoms with van der Waals surface area (Å²) in [6.07, 6.45) is 2.05. The molecule has 1 N–H and O–H groups in total. The van der Waals surface area contributed by atoms with E-state index in [0.717, 1.165) is 56.7 Å². The van der Waals surface area contributed by atoms with Gasteiger partial charge >= 0.3 is 0 Å². The fourth-order valence-electron chi connectivity index (χ4n) is 2.93. The fourth-order valence-corrected chi connectivity index (χ4v) is 2.93. The average Bonchev–Trinajstić information content (AvgIpc) is 3.10. The molecule has 6 nitrogen and oxygen atoms in total. The number of guanidine groups is 1. The molecular weight excluding hydrogens is 318 g/mol. The Hall–Kier alpha value is -1.95. The molecule has 1 aliphatic rings. The maximum Gasteiger partial charge on any atom is 0.193 e. The smallest absolute Gasteiger partial charge is 0.193 e. The van der Waals surface area contributed by atoms with Gasteiger partial charge in [0, 0.05) is 45.6 Å². The molecule has 1 heterocycles. The van der Waals surface area contributed by atoms with Gasteiger partial charge in [0.2, 0.25) is 0 Å². The van der Waals surface area contributed by atoms with Crippen molar-refractivity contribution in [1.29, 1.82) is 0 Å². The Morgan fingerprint density at radius 2 is 2.00 bits per heavy atom. The zero-order valence-corrected chi connectivity index (χ0v) is 15.7. The van der Waals surface area contributed by atoms with Crippen LogP contribution in [0.5, 0.6) is 11.5 Å². The molecular formula is C19H31N3O3. The highest BCUT2D eigenvalue weighted by molar-refractivity contribution is 5.80. The lowest BCUT2D eigenvalue weighted by molar-refractivity contribution is 0.157. The molecule has 2 rings (SSSR count). The third-order valence-electron chi connectivity index (χ3n) is 4.21. The monoisotopic (exact) mass is 349 g/mol. The van der Waals surface area contributed by atoms with Crippen LogP contribution in [0.2, 0.25) is 0 Å². The molecule has 0 saturated carbocycles. The van der Waals surface area contributed by atoms with E-state index in [0.29, 0.717) is 12.5 Å². The summed E-state index contributed by atoms with van der Waals surface area (Å²) in [7, 11) is 3.43. The zero-order valence-electron chi connectivity index (χ0n) is 15.7. The molecule has 1 atom stereocenters. The first-order valence-corrected chi connectivity index (χ1v) is 9.05. The van der Waals surface area contributed by atoms with E-state index in [1.807, 2.05) is 24.3 Å². The second-order valence-electron chi connectivity index (χ2n) is 6.17. The number of rotatable bonds is 9. The van der Waals surface area contributed by atoms with Gasteiger partial charge in [0.05, 0.1) is 20.3 Å². The topological polar surface area (TPSA) is 55.3 Å². The van der Waals surface area contributed by atoms with Crippen LogP contribution in [0.15, 0.2) is 29.3 Å². The van der Waals surface area contributed by atoms with Gasteiger partial charge in [-0.3, -0.25) is 4.99 Å². The third kappa shape index (κ3) is 6.46. The van der Waals surface area contributed by atoms with Crippen molar-refractivity contribution >= 4 is 5.96 Å². The molecule has 0 spiro atoms. The summed E-state index contributed by atoms with van der Waals surface area (Å²) in [4.78, 5) is 7.07. The van der Waals surface area contributed by atoms with Crippen LogP contribution >= 0.6 is 0 Å². The molecule has 0 bridgehead atoms. The Balaban J connectivity index is 1.73. The Bertz CT molecular complexity index is 519. The van der Waals surface area contributed by atoms with Crippen molar-refractivity contribution in [3.8, 4) is 11.5 Å². The zero-order chi connectivity index (χ0) is 17.9. The van der Waals surface area contributed by atoms with Gasteiger partial charge in [-0.2, -0.15) is 0 Å². The van der Waals surface area contributed by atoms with Gasteiger partial charge in [-0.25, -0.2) is 0 Å². The molecule has 0 amide bonds. The highest BCUT2D eigenvalue weighted by Gasteiger charge is 2.24. The summed E-state index contributed by atoms with van der Waals surface area (Å²) in [6.45, 7) is 7.28. The number of hydrogen-bond acceptors (Lipinski definition) is 4. The molecule has 25 heavy (non-hydrogen) atoms. The van der Waals surface area contributed by atoms with Crippen molar-refractivity contribution < 1.29 is 14.2 Å². The van der Waals surface area contributed by atoms with Crippen molar-refractivity contribution in [2.24, 2.45) is 10.9 Å². The van der Waals surface area contributed by atoms with E-state index >= 15 is 0 Å². The average molecular weight is 349 g/mol. The molecule has 1 aromatic rings. The predicted octanol–water partition coefficient (Wildman–Crippen LogP) is 2.40. The predicted molar refractivity (Wildman–Crippen MR) is 101 cm³/mol. The summed E-state index contributed by atoms with van der Waals surface area (Å²) in [5.74, 6) is 3.31. The first-order chi connectivity index (χ1) is 12.3. The largest absolute Gasteiger partial charge is 0.497 e. The first-order valence-electron chi connectivity index (χ1n) is 9.05. The number of hydrogen-bond donors (Lipinski definition) is 1. The lowest BCUT2D eigenvalue weighted by Gasteiger charge is -2.21. The van der Waals surface area contributed by atoms with Gasteiger partial charge in [-0.15, -0.1) is 0 Å². The van der Waals surface area contributed by atoms with E-state index < -0.39 is 0 Å². The summed E-state index contributed by atoms with van der Waals surface area (Å²) in [5, 5.41) is 3.39. The van der Waals surface area contributed by atoms with E-state index in [1.54, 1.807) is 14.2 Å². The Morgan fingerprint density at radius 1 is 1.24 bits per heavy atom. The van der Waals surface area contributed by atoms with E-state index in [-0.39, 0.29) is 0 Å². The Labute approximate surface area is 151 Å². The van der Waals surface area contributed by atoms with E-state index in [2.05, 4.69) is 17.1 Å². The van der Waals surface area contributed by atoms with Gasteiger partial charge in [-0.1, -0.05) is 0 Å². The number of aliphatic imine (C=N–C) groups is 1. The van der Waals surface area contributed by atoms with Crippen LogP contribution in [0, 0.1) is 5.92 Å². The summed E-state index contributed by atoms with van der Waals surface area (Å²) in [5.41, 5.74) is 0. The number of nitrogens with one attached hydrogen (secondary N) is 1. The third-order valence-corrected chi connectivity index (χ3v) is 4.21. The highest BCUT2D eigenvalue weighted by Crippen LogP contribution is 2.17. The van der Waals surface area contributed by atoms with Crippen LogP contribution in [0.3, 0.4) is 0 Å². The van der Waals surface area contributed by atoms with Crippen molar-refractivity contribution in [1.82, 2.24) is 10.2 Å². The molecule has 0 radical (unpaired) electrons. The van der Waals surface area contributed by atoms with Gasteiger partial charge in [0.15, 0.2) is 5.96 Å². The number of nitrogens with zero attached hydrogens (tertiary/aromatic N) is 2. The van der Waals surface area contributed by atoms with E-state index in [1.165, 1.54) is 6.42 Å². The van der Waals surface area contributed by atoms with Gasteiger partial charge in [-0.05, 0) is 37.6 Å². The quantitative estimate of drug-likeness (QED) is 0.421. The van der Waals surface area contributed by atoms with Gasteiger partial charge < -0.3 is 24.4 Å². The molecule has 0 aromatic heterocycles. The molecule has 6 heteroatoms. The minimum absolute atomic E-state index is 0.604. The van der Waals surface area contributed by atoms with E-state index in [9.17, 15) is 0 Å². The van der Waals surface area contributed by atoms with Gasteiger partial charge in [0.25, 0.3) is 0 Å². The summed E-state index contributed by atoms with van der Waals surface area (Å²) in [6, 6.07) is 7.65. The second kappa shape index (κ2) is 10.8. The van der Waals surface area contributed by atoms with Crippen molar-refractivity contribution in [3.63, 3.8) is 0 Å². The lowest BCUT2D eigenvalue weighted by Crippen LogP contribution is -2.40. The Kier molecular flexibility index (Phi) is 8.39. The standard InChI is InChI=1S/C19H31N3O3/c1-4-20-19(22-12-10-16(14-22)15-23-2)21-11-5-13-25-18-8-6-17(24-3)7-9-18/h6-9,16H,4-5,10-15H2,1-3H3,(H,20,21). The van der Waals surface area contributed by atoms with E-state index in [4.69, 9.17) is 19.2 Å². The maximum atomic E-state index is 5.75. The van der Waals surface area contributed by atoms with Crippen molar-refractivity contribution in [2.45, 2.75) is 19.8 Å². The number of methoxy groups -OCH3 is 2. The molecule has 1 fully saturated rings. The van der Waals surface area contributed by atoms with Crippen LogP contribution in [0.25, 0.3) is 0 Å². The number of benzene rings is 1. The normalized spacial score (nSPS) is 17.6. The molecule has 140 valence electrons. The lowest BCUT2D eigenvalue weighted by atomic mass is 10.1.